The van der Waals surface area contributed by atoms with Crippen molar-refractivity contribution in [3.8, 4) is 6.07 Å². The van der Waals surface area contributed by atoms with Crippen LogP contribution in [0.3, 0.4) is 0 Å². The molecule has 0 radical (unpaired) electrons. The molecule has 1 N–H and O–H groups in total. The Labute approximate surface area is 118 Å². The number of aromatic nitrogens is 1. The minimum atomic E-state index is -0.0971. The third-order valence-corrected chi connectivity index (χ3v) is 4.09. The van der Waals surface area contributed by atoms with E-state index in [2.05, 4.69) is 18.0 Å². The fourth-order valence-corrected chi connectivity index (χ4v) is 3.07. The van der Waals surface area contributed by atoms with Crippen molar-refractivity contribution in [1.29, 1.82) is 5.26 Å². The lowest BCUT2D eigenvalue weighted by molar-refractivity contribution is 0.0274. The van der Waals surface area contributed by atoms with Gasteiger partial charge < -0.3 is 14.4 Å². The van der Waals surface area contributed by atoms with E-state index < -0.39 is 0 Å². The summed E-state index contributed by atoms with van der Waals surface area (Å²) in [5, 5.41) is 18.7. The molecule has 0 aliphatic heterocycles. The average Bonchev–Trinajstić information content (AvgIpc) is 2.73. The van der Waals surface area contributed by atoms with Crippen LogP contribution in [0.25, 0.3) is 5.52 Å². The Kier molecular flexibility index (Phi) is 3.47. The van der Waals surface area contributed by atoms with Crippen molar-refractivity contribution in [3.63, 3.8) is 0 Å². The van der Waals surface area contributed by atoms with Gasteiger partial charge in [0.25, 0.3) is 0 Å². The number of rotatable bonds is 4. The van der Waals surface area contributed by atoms with Gasteiger partial charge in [-0.05, 0) is 37.9 Å². The molecule has 1 aliphatic carbocycles. The second-order valence-electron chi connectivity index (χ2n) is 5.82. The Hall–Kier alpha value is -1.83. The first-order chi connectivity index (χ1) is 9.67. The molecule has 0 saturated heterocycles. The molecule has 1 aliphatic rings. The molecule has 1 fully saturated rings. The highest BCUT2D eigenvalue weighted by molar-refractivity contribution is 5.65. The summed E-state index contributed by atoms with van der Waals surface area (Å²) < 4.78 is 2.01. The van der Waals surface area contributed by atoms with Crippen LogP contribution >= 0.6 is 0 Å². The van der Waals surface area contributed by atoms with Crippen LogP contribution in [-0.2, 0) is 6.54 Å². The Morgan fingerprint density at radius 3 is 2.95 bits per heavy atom. The van der Waals surface area contributed by atoms with Gasteiger partial charge in [0.2, 0.25) is 0 Å². The molecule has 0 atom stereocenters. The van der Waals surface area contributed by atoms with Crippen molar-refractivity contribution in [2.75, 3.05) is 13.6 Å². The molecule has 2 heterocycles. The molecular weight excluding hydrogens is 250 g/mol. The zero-order valence-corrected chi connectivity index (χ0v) is 11.7. The summed E-state index contributed by atoms with van der Waals surface area (Å²) in [5.41, 5.74) is 2.81. The van der Waals surface area contributed by atoms with Gasteiger partial charge in [-0.2, -0.15) is 5.26 Å². The van der Waals surface area contributed by atoms with Gasteiger partial charge in [-0.3, -0.25) is 0 Å². The summed E-state index contributed by atoms with van der Waals surface area (Å²) in [5.74, 6) is 0.595. The molecule has 0 aromatic carbocycles. The highest BCUT2D eigenvalue weighted by Crippen LogP contribution is 2.28. The van der Waals surface area contributed by atoms with Crippen LogP contribution in [0, 0.1) is 17.2 Å². The summed E-state index contributed by atoms with van der Waals surface area (Å²) in [4.78, 5) is 2.24. The third-order valence-electron chi connectivity index (χ3n) is 4.09. The van der Waals surface area contributed by atoms with E-state index in [0.29, 0.717) is 5.92 Å². The summed E-state index contributed by atoms with van der Waals surface area (Å²) in [7, 11) is 2.08. The van der Waals surface area contributed by atoms with Crippen molar-refractivity contribution >= 4 is 5.52 Å². The lowest BCUT2D eigenvalue weighted by Gasteiger charge is -2.34. The molecule has 0 bridgehead atoms. The number of hydrogen-bond acceptors (Lipinski definition) is 3. The lowest BCUT2D eigenvalue weighted by Crippen LogP contribution is -2.36. The minimum absolute atomic E-state index is 0.0971. The molecule has 0 amide bonds. The smallest absolute Gasteiger partial charge is 0.102 e. The van der Waals surface area contributed by atoms with E-state index in [-0.39, 0.29) is 6.10 Å². The van der Waals surface area contributed by atoms with Crippen molar-refractivity contribution in [2.45, 2.75) is 25.5 Å². The SMILES string of the molecule is CN(Cc1cn2ccccc2c1C#N)CC1CC(O)C1. The van der Waals surface area contributed by atoms with Crippen LogP contribution < -0.4 is 0 Å². The number of pyridine rings is 1. The van der Waals surface area contributed by atoms with Gasteiger partial charge in [-0.25, -0.2) is 0 Å². The van der Waals surface area contributed by atoms with Crippen LogP contribution in [0.2, 0.25) is 0 Å². The zero-order chi connectivity index (χ0) is 14.1. The van der Waals surface area contributed by atoms with E-state index in [1.807, 2.05) is 35.0 Å². The molecule has 0 unspecified atom stereocenters. The Bertz CT molecular complexity index is 649. The first-order valence-electron chi connectivity index (χ1n) is 7.02. The van der Waals surface area contributed by atoms with Crippen molar-refractivity contribution < 1.29 is 5.11 Å². The van der Waals surface area contributed by atoms with Gasteiger partial charge in [0.05, 0.1) is 17.2 Å². The maximum absolute atomic E-state index is 9.38. The Balaban J connectivity index is 1.75. The molecule has 1 saturated carbocycles. The third kappa shape index (κ3) is 2.43. The van der Waals surface area contributed by atoms with Crippen LogP contribution in [0.1, 0.15) is 24.0 Å². The highest BCUT2D eigenvalue weighted by atomic mass is 16.3. The maximum atomic E-state index is 9.38. The van der Waals surface area contributed by atoms with Gasteiger partial charge in [-0.1, -0.05) is 6.07 Å². The molecule has 3 rings (SSSR count). The number of nitrogens with zero attached hydrogens (tertiary/aromatic N) is 3. The lowest BCUT2D eigenvalue weighted by atomic mass is 9.82. The van der Waals surface area contributed by atoms with Gasteiger partial charge in [0.15, 0.2) is 0 Å². The number of fused-ring (bicyclic) bond motifs is 1. The predicted octanol–water partition coefficient (Wildman–Crippen LogP) is 2.01. The van der Waals surface area contributed by atoms with Crippen LogP contribution in [0.15, 0.2) is 30.6 Å². The minimum Gasteiger partial charge on any atom is -0.393 e. The van der Waals surface area contributed by atoms with Crippen LogP contribution in [-0.4, -0.2) is 34.1 Å². The predicted molar refractivity (Wildman–Crippen MR) is 77.2 cm³/mol. The van der Waals surface area contributed by atoms with E-state index in [1.54, 1.807) is 0 Å². The van der Waals surface area contributed by atoms with E-state index in [9.17, 15) is 10.4 Å². The molecule has 20 heavy (non-hydrogen) atoms. The molecular formula is C16H19N3O. The molecule has 104 valence electrons. The van der Waals surface area contributed by atoms with Crippen LogP contribution in [0.5, 0.6) is 0 Å². The Morgan fingerprint density at radius 1 is 1.45 bits per heavy atom. The summed E-state index contributed by atoms with van der Waals surface area (Å²) >= 11 is 0. The van der Waals surface area contributed by atoms with Gasteiger partial charge in [0, 0.05) is 31.0 Å². The standard InChI is InChI=1S/C16H19N3O/c1-18(9-12-6-14(20)7-12)10-13-11-19-5-3-2-4-16(19)15(13)8-17/h2-5,11-12,14,20H,6-7,9-10H2,1H3. The first kappa shape index (κ1) is 13.2. The number of aliphatic hydroxyl groups excluding tert-OH is 1. The van der Waals surface area contributed by atoms with Gasteiger partial charge in [0.1, 0.15) is 6.07 Å². The maximum Gasteiger partial charge on any atom is 0.102 e. The summed E-state index contributed by atoms with van der Waals surface area (Å²) in [6.45, 7) is 1.76. The highest BCUT2D eigenvalue weighted by Gasteiger charge is 2.28. The summed E-state index contributed by atoms with van der Waals surface area (Å²) in [6, 6.07) is 8.23. The number of nitriles is 1. The molecule has 2 aromatic heterocycles. The second kappa shape index (κ2) is 5.28. The zero-order valence-electron chi connectivity index (χ0n) is 11.7. The van der Waals surface area contributed by atoms with E-state index >= 15 is 0 Å². The topological polar surface area (TPSA) is 51.7 Å². The molecule has 4 heteroatoms. The normalized spacial score (nSPS) is 21.9. The fraction of sp³-hybridized carbons (Fsp3) is 0.438. The van der Waals surface area contributed by atoms with Gasteiger partial charge in [-0.15, -0.1) is 0 Å². The van der Waals surface area contributed by atoms with Crippen molar-refractivity contribution in [3.05, 3.63) is 41.7 Å². The average molecular weight is 269 g/mol. The number of aliphatic hydroxyl groups is 1. The van der Waals surface area contributed by atoms with Crippen LogP contribution in [0.4, 0.5) is 0 Å². The number of hydrogen-bond donors (Lipinski definition) is 1. The van der Waals surface area contributed by atoms with E-state index in [4.69, 9.17) is 0 Å². The Morgan fingerprint density at radius 2 is 2.25 bits per heavy atom. The van der Waals surface area contributed by atoms with Gasteiger partial charge >= 0.3 is 0 Å². The second-order valence-corrected chi connectivity index (χ2v) is 5.82. The van der Waals surface area contributed by atoms with E-state index in [0.717, 1.165) is 42.6 Å². The quantitative estimate of drug-likeness (QED) is 0.923. The largest absolute Gasteiger partial charge is 0.393 e. The molecule has 2 aromatic rings. The molecule has 4 nitrogen and oxygen atoms in total. The summed E-state index contributed by atoms with van der Waals surface area (Å²) in [6.07, 6.45) is 5.74. The fourth-order valence-electron chi connectivity index (χ4n) is 3.07. The molecule has 0 spiro atoms. The van der Waals surface area contributed by atoms with Crippen molar-refractivity contribution in [1.82, 2.24) is 9.30 Å². The monoisotopic (exact) mass is 269 g/mol. The first-order valence-corrected chi connectivity index (χ1v) is 7.02. The van der Waals surface area contributed by atoms with E-state index in [1.165, 1.54) is 0 Å². The van der Waals surface area contributed by atoms with Crippen molar-refractivity contribution in [2.24, 2.45) is 5.92 Å².